The molecule has 0 fully saturated rings. The molecular weight excluding hydrogens is 271 g/mol. The Kier molecular flexibility index (Phi) is 3.98. The lowest BCUT2D eigenvalue weighted by Crippen LogP contribution is -2.18. The van der Waals surface area contributed by atoms with Gasteiger partial charge in [-0.25, -0.2) is 13.8 Å². The fourth-order valence-corrected chi connectivity index (χ4v) is 1.70. The molecule has 0 aliphatic heterocycles. The number of nitrogens with zero attached hydrogens (tertiary/aromatic N) is 1. The molecule has 0 spiro atoms. The zero-order valence-corrected chi connectivity index (χ0v) is 8.62. The van der Waals surface area contributed by atoms with E-state index in [0.29, 0.717) is 10.3 Å². The SMILES string of the molecule is FC(F)C(F)Oc1cnc(CBr)s1. The molecule has 0 saturated carbocycles. The Hall–Kier alpha value is -0.300. The molecule has 1 atom stereocenters. The third kappa shape index (κ3) is 3.15. The summed E-state index contributed by atoms with van der Waals surface area (Å²) in [5, 5.41) is 1.20. The molecule has 0 N–H and O–H groups in total. The van der Waals surface area contributed by atoms with E-state index >= 15 is 0 Å². The van der Waals surface area contributed by atoms with Crippen LogP contribution in [-0.2, 0) is 5.33 Å². The standard InChI is InChI=1S/C6H5BrF3NOS/c7-1-3-11-2-4(13-3)12-6(10)5(8)9/h2,5-6H,1H2. The Labute approximate surface area is 84.9 Å². The normalized spacial score (nSPS) is 13.3. The van der Waals surface area contributed by atoms with E-state index in [1.807, 2.05) is 0 Å². The molecule has 1 unspecified atom stereocenters. The summed E-state index contributed by atoms with van der Waals surface area (Å²) in [4.78, 5) is 3.78. The van der Waals surface area contributed by atoms with E-state index in [1.165, 1.54) is 6.20 Å². The molecule has 2 nitrogen and oxygen atoms in total. The summed E-state index contributed by atoms with van der Waals surface area (Å²) in [7, 11) is 0. The highest BCUT2D eigenvalue weighted by atomic mass is 79.9. The van der Waals surface area contributed by atoms with Crippen molar-refractivity contribution in [2.24, 2.45) is 0 Å². The number of alkyl halides is 4. The van der Waals surface area contributed by atoms with E-state index in [0.717, 1.165) is 11.3 Å². The predicted octanol–water partition coefficient (Wildman–Crippen LogP) is 2.98. The van der Waals surface area contributed by atoms with Crippen molar-refractivity contribution in [2.45, 2.75) is 18.1 Å². The minimum atomic E-state index is -3.13. The van der Waals surface area contributed by atoms with Crippen molar-refractivity contribution in [1.82, 2.24) is 4.98 Å². The van der Waals surface area contributed by atoms with Gasteiger partial charge in [0.05, 0.1) is 11.5 Å². The largest absolute Gasteiger partial charge is 0.443 e. The maximum absolute atomic E-state index is 12.3. The molecule has 1 heterocycles. The lowest BCUT2D eigenvalue weighted by molar-refractivity contribution is -0.0651. The molecule has 1 rings (SSSR count). The number of hydrogen-bond acceptors (Lipinski definition) is 3. The first-order chi connectivity index (χ1) is 6.13. The van der Waals surface area contributed by atoms with E-state index < -0.39 is 12.8 Å². The molecule has 0 bridgehead atoms. The number of aromatic nitrogens is 1. The van der Waals surface area contributed by atoms with Crippen molar-refractivity contribution in [3.8, 4) is 5.06 Å². The maximum Gasteiger partial charge on any atom is 0.304 e. The molecule has 0 aliphatic rings. The molecule has 1 aromatic rings. The fourth-order valence-electron chi connectivity index (χ4n) is 0.572. The van der Waals surface area contributed by atoms with Gasteiger partial charge >= 0.3 is 6.43 Å². The second kappa shape index (κ2) is 4.80. The average molecular weight is 276 g/mol. The molecule has 0 saturated heterocycles. The van der Waals surface area contributed by atoms with Crippen LogP contribution < -0.4 is 4.74 Å². The third-order valence-corrected chi connectivity index (χ3v) is 2.86. The van der Waals surface area contributed by atoms with Crippen molar-refractivity contribution < 1.29 is 17.9 Å². The Morgan fingerprint density at radius 1 is 1.54 bits per heavy atom. The highest BCUT2D eigenvalue weighted by Crippen LogP contribution is 2.25. The van der Waals surface area contributed by atoms with Crippen molar-refractivity contribution in [2.75, 3.05) is 0 Å². The first kappa shape index (κ1) is 10.8. The van der Waals surface area contributed by atoms with Crippen LogP contribution in [0.2, 0.25) is 0 Å². The van der Waals surface area contributed by atoms with E-state index in [-0.39, 0.29) is 5.06 Å². The molecule has 0 aromatic carbocycles. The van der Waals surface area contributed by atoms with Crippen LogP contribution in [0.3, 0.4) is 0 Å². The van der Waals surface area contributed by atoms with Gasteiger partial charge in [0.25, 0.3) is 6.36 Å². The summed E-state index contributed by atoms with van der Waals surface area (Å²) in [5.74, 6) is 0. The Balaban J connectivity index is 2.53. The van der Waals surface area contributed by atoms with Gasteiger partial charge in [-0.05, 0) is 0 Å². The van der Waals surface area contributed by atoms with Crippen LogP contribution >= 0.6 is 27.3 Å². The van der Waals surface area contributed by atoms with Gasteiger partial charge in [0.15, 0.2) is 5.06 Å². The van der Waals surface area contributed by atoms with E-state index in [1.54, 1.807) is 0 Å². The van der Waals surface area contributed by atoms with Crippen molar-refractivity contribution >= 4 is 27.3 Å². The number of thiazole rings is 1. The van der Waals surface area contributed by atoms with Crippen molar-refractivity contribution in [3.63, 3.8) is 0 Å². The Morgan fingerprint density at radius 2 is 2.23 bits per heavy atom. The summed E-state index contributed by atoms with van der Waals surface area (Å²) in [6.07, 6.45) is -4.49. The fraction of sp³-hybridized carbons (Fsp3) is 0.500. The van der Waals surface area contributed by atoms with Gasteiger partial charge in [0, 0.05) is 0 Å². The first-order valence-electron chi connectivity index (χ1n) is 3.23. The van der Waals surface area contributed by atoms with Crippen LogP contribution in [0.15, 0.2) is 6.20 Å². The van der Waals surface area contributed by atoms with E-state index in [2.05, 4.69) is 25.7 Å². The quantitative estimate of drug-likeness (QED) is 0.789. The first-order valence-corrected chi connectivity index (χ1v) is 5.17. The molecule has 74 valence electrons. The predicted molar refractivity (Wildman–Crippen MR) is 46.3 cm³/mol. The lowest BCUT2D eigenvalue weighted by atomic mass is 10.7. The Morgan fingerprint density at radius 3 is 2.69 bits per heavy atom. The zero-order chi connectivity index (χ0) is 9.84. The molecule has 0 radical (unpaired) electrons. The van der Waals surface area contributed by atoms with Crippen LogP contribution in [-0.4, -0.2) is 17.8 Å². The van der Waals surface area contributed by atoms with Crippen LogP contribution in [0.25, 0.3) is 0 Å². The molecule has 7 heteroatoms. The van der Waals surface area contributed by atoms with Gasteiger partial charge in [-0.3, -0.25) is 0 Å². The van der Waals surface area contributed by atoms with E-state index in [4.69, 9.17) is 0 Å². The van der Waals surface area contributed by atoms with Crippen LogP contribution in [0, 0.1) is 0 Å². The smallest absolute Gasteiger partial charge is 0.304 e. The van der Waals surface area contributed by atoms with Gasteiger partial charge in [-0.1, -0.05) is 27.3 Å². The summed E-state index contributed by atoms with van der Waals surface area (Å²) in [6, 6.07) is 0. The van der Waals surface area contributed by atoms with Gasteiger partial charge < -0.3 is 4.74 Å². The molecule has 13 heavy (non-hydrogen) atoms. The van der Waals surface area contributed by atoms with Gasteiger partial charge in [0.1, 0.15) is 5.01 Å². The Bertz CT molecular complexity index is 270. The van der Waals surface area contributed by atoms with Crippen molar-refractivity contribution in [1.29, 1.82) is 0 Å². The third-order valence-electron chi connectivity index (χ3n) is 1.07. The van der Waals surface area contributed by atoms with Gasteiger partial charge in [0.2, 0.25) is 0 Å². The molecule has 1 aromatic heterocycles. The molecular formula is C6H5BrF3NOS. The number of hydrogen-bond donors (Lipinski definition) is 0. The highest BCUT2D eigenvalue weighted by Gasteiger charge is 2.21. The second-order valence-corrected chi connectivity index (χ2v) is 3.65. The van der Waals surface area contributed by atoms with Gasteiger partial charge in [-0.2, -0.15) is 4.39 Å². The number of rotatable bonds is 4. The van der Waals surface area contributed by atoms with Crippen molar-refractivity contribution in [3.05, 3.63) is 11.2 Å². The summed E-state index contributed by atoms with van der Waals surface area (Å²) in [6.45, 7) is 0. The monoisotopic (exact) mass is 275 g/mol. The zero-order valence-electron chi connectivity index (χ0n) is 6.21. The summed E-state index contributed by atoms with van der Waals surface area (Å²) < 4.78 is 40.0. The van der Waals surface area contributed by atoms with Crippen LogP contribution in [0.5, 0.6) is 5.06 Å². The minimum Gasteiger partial charge on any atom is -0.443 e. The topological polar surface area (TPSA) is 22.1 Å². The number of ether oxygens (including phenoxy) is 1. The van der Waals surface area contributed by atoms with Crippen LogP contribution in [0.4, 0.5) is 13.2 Å². The minimum absolute atomic E-state index is 0.0576. The lowest BCUT2D eigenvalue weighted by Gasteiger charge is -2.06. The van der Waals surface area contributed by atoms with Gasteiger partial charge in [-0.15, -0.1) is 0 Å². The summed E-state index contributed by atoms with van der Waals surface area (Å²) in [5.41, 5.74) is 0. The molecule has 0 aliphatic carbocycles. The highest BCUT2D eigenvalue weighted by molar-refractivity contribution is 9.08. The van der Waals surface area contributed by atoms with E-state index in [9.17, 15) is 13.2 Å². The molecule has 0 amide bonds. The maximum atomic E-state index is 12.3. The van der Waals surface area contributed by atoms with Crippen LogP contribution in [0.1, 0.15) is 5.01 Å². The average Bonchev–Trinajstić information content (AvgIpc) is 2.52. The summed E-state index contributed by atoms with van der Waals surface area (Å²) >= 11 is 4.14. The number of halogens is 4. The second-order valence-electron chi connectivity index (χ2n) is 2.01.